The number of hydrogen-bond acceptors (Lipinski definition) is 2. The molecule has 0 saturated carbocycles. The molecule has 1 aromatic carbocycles. The van der Waals surface area contributed by atoms with E-state index in [1.54, 1.807) is 17.8 Å². The molecule has 0 saturated heterocycles. The van der Waals surface area contributed by atoms with Crippen LogP contribution in [-0.4, -0.2) is 16.8 Å². The smallest absolute Gasteiger partial charge is 0.489 e. The summed E-state index contributed by atoms with van der Waals surface area (Å²) in [4.78, 5) is 0. The number of halogens is 3. The van der Waals surface area contributed by atoms with Crippen LogP contribution in [0.2, 0.25) is 0 Å². The molecule has 0 aliphatic rings. The van der Waals surface area contributed by atoms with Crippen LogP contribution in [-0.2, 0) is 13.2 Å². The molecular formula is C13H15BF3KN2O. The summed E-state index contributed by atoms with van der Waals surface area (Å²) in [6, 6.07) is 3.53. The van der Waals surface area contributed by atoms with E-state index >= 15 is 0 Å². The van der Waals surface area contributed by atoms with Crippen LogP contribution in [0.4, 0.5) is 12.9 Å². The summed E-state index contributed by atoms with van der Waals surface area (Å²) in [5.41, 5.74) is 0.758. The summed E-state index contributed by atoms with van der Waals surface area (Å²) in [5.74, 6) is 0.457. The van der Waals surface area contributed by atoms with Crippen LogP contribution < -0.4 is 61.6 Å². The van der Waals surface area contributed by atoms with Crippen LogP contribution in [0.25, 0.3) is 0 Å². The molecule has 1 aromatic heterocycles. The minimum atomic E-state index is -4.97. The van der Waals surface area contributed by atoms with Gasteiger partial charge in [-0.2, -0.15) is 5.10 Å². The topological polar surface area (TPSA) is 27.1 Å². The van der Waals surface area contributed by atoms with E-state index in [1.165, 1.54) is 6.07 Å². The first-order valence-corrected chi connectivity index (χ1v) is 6.34. The number of aryl methyl sites for hydroxylation is 2. The summed E-state index contributed by atoms with van der Waals surface area (Å²) < 4.78 is 45.1. The molecule has 3 nitrogen and oxygen atoms in total. The molecule has 0 bridgehead atoms. The predicted molar refractivity (Wildman–Crippen MR) is 72.1 cm³/mol. The number of nitrogens with zero attached hydrogens (tertiary/aromatic N) is 2. The fourth-order valence-electron chi connectivity index (χ4n) is 1.85. The maximum Gasteiger partial charge on any atom is 1.00 e. The van der Waals surface area contributed by atoms with Gasteiger partial charge in [-0.25, -0.2) is 0 Å². The molecule has 108 valence electrons. The first-order chi connectivity index (χ1) is 9.40. The Kier molecular flexibility index (Phi) is 6.99. The summed E-state index contributed by atoms with van der Waals surface area (Å²) in [6.45, 7) is -0.332. The molecule has 0 amide bonds. The predicted octanol–water partition coefficient (Wildman–Crippen LogP) is -0.151. The Balaban J connectivity index is 0.00000220. The molecule has 0 unspecified atom stereocenters. The van der Waals surface area contributed by atoms with Gasteiger partial charge in [0.25, 0.3) is 0 Å². The second-order valence-corrected chi connectivity index (χ2v) is 4.59. The van der Waals surface area contributed by atoms with E-state index < -0.39 is 12.4 Å². The minimum Gasteiger partial charge on any atom is -0.489 e. The fourth-order valence-corrected chi connectivity index (χ4v) is 1.85. The number of ether oxygens (including phenoxy) is 1. The second kappa shape index (κ2) is 7.82. The first kappa shape index (κ1) is 18.8. The van der Waals surface area contributed by atoms with Crippen LogP contribution in [0.3, 0.4) is 0 Å². The van der Waals surface area contributed by atoms with Crippen LogP contribution in [0.5, 0.6) is 5.75 Å². The summed E-state index contributed by atoms with van der Waals surface area (Å²) in [7, 11) is 0. The standard InChI is InChI=1S/C13H15BF3N2O.K/c1-3-19-8-11(7-18-19)9-20-13-5-4-12(6-10(13)2)14(15,16)17;/h4-8H,3,9H2,1-2H3;/q-1;+1. The van der Waals surface area contributed by atoms with Crippen LogP contribution in [0.15, 0.2) is 30.6 Å². The van der Waals surface area contributed by atoms with Crippen molar-refractivity contribution in [3.63, 3.8) is 0 Å². The quantitative estimate of drug-likeness (QED) is 0.716. The fraction of sp³-hybridized carbons (Fsp3) is 0.308. The third kappa shape index (κ3) is 5.14. The molecule has 0 spiro atoms. The van der Waals surface area contributed by atoms with Crippen molar-refractivity contribution >= 4 is 12.4 Å². The SMILES string of the molecule is CCn1cc(COc2ccc([B-](F)(F)F)cc2C)cn1.[K+]. The Morgan fingerprint density at radius 3 is 2.52 bits per heavy atom. The molecule has 0 aliphatic carbocycles. The van der Waals surface area contributed by atoms with E-state index in [0.29, 0.717) is 11.3 Å². The van der Waals surface area contributed by atoms with Crippen molar-refractivity contribution in [3.8, 4) is 5.75 Å². The van der Waals surface area contributed by atoms with Crippen molar-refractivity contribution in [2.24, 2.45) is 0 Å². The molecule has 2 aromatic rings. The van der Waals surface area contributed by atoms with Crippen LogP contribution in [0, 0.1) is 6.92 Å². The number of aromatic nitrogens is 2. The van der Waals surface area contributed by atoms with Gasteiger partial charge in [0.1, 0.15) is 12.4 Å². The van der Waals surface area contributed by atoms with Gasteiger partial charge in [0.15, 0.2) is 0 Å². The molecule has 2 rings (SSSR count). The second-order valence-electron chi connectivity index (χ2n) is 4.59. The Morgan fingerprint density at radius 2 is 2.00 bits per heavy atom. The molecule has 0 radical (unpaired) electrons. The zero-order valence-electron chi connectivity index (χ0n) is 12.3. The maximum atomic E-state index is 12.6. The average molecular weight is 322 g/mol. The van der Waals surface area contributed by atoms with E-state index in [-0.39, 0.29) is 58.0 Å². The van der Waals surface area contributed by atoms with Gasteiger partial charge in [-0.15, -0.1) is 5.46 Å². The molecule has 0 aliphatic heterocycles. The van der Waals surface area contributed by atoms with Gasteiger partial charge in [0.05, 0.1) is 6.20 Å². The third-order valence-electron chi connectivity index (χ3n) is 2.98. The third-order valence-corrected chi connectivity index (χ3v) is 2.98. The molecule has 0 atom stereocenters. The van der Waals surface area contributed by atoms with Gasteiger partial charge in [-0.05, 0) is 25.5 Å². The van der Waals surface area contributed by atoms with Gasteiger partial charge in [-0.1, -0.05) is 12.1 Å². The normalized spacial score (nSPS) is 11.1. The summed E-state index contributed by atoms with van der Waals surface area (Å²) in [6.07, 6.45) is 3.54. The number of benzene rings is 1. The molecule has 0 N–H and O–H groups in total. The van der Waals surface area contributed by atoms with Crippen LogP contribution >= 0.6 is 0 Å². The zero-order chi connectivity index (χ0) is 14.8. The summed E-state index contributed by atoms with van der Waals surface area (Å²) >= 11 is 0. The van der Waals surface area contributed by atoms with Gasteiger partial charge in [0, 0.05) is 18.3 Å². The van der Waals surface area contributed by atoms with Crippen molar-refractivity contribution in [2.45, 2.75) is 27.0 Å². The van der Waals surface area contributed by atoms with Crippen molar-refractivity contribution in [1.82, 2.24) is 9.78 Å². The number of hydrogen-bond donors (Lipinski definition) is 0. The van der Waals surface area contributed by atoms with E-state index in [2.05, 4.69) is 5.10 Å². The van der Waals surface area contributed by atoms with Gasteiger partial charge < -0.3 is 17.7 Å². The molecular weight excluding hydrogens is 307 g/mol. The monoisotopic (exact) mass is 322 g/mol. The van der Waals surface area contributed by atoms with E-state index in [9.17, 15) is 12.9 Å². The maximum absolute atomic E-state index is 12.6. The Labute approximate surface area is 164 Å². The Bertz CT molecular complexity index is 601. The van der Waals surface area contributed by atoms with Crippen molar-refractivity contribution in [2.75, 3.05) is 0 Å². The Morgan fingerprint density at radius 1 is 1.29 bits per heavy atom. The van der Waals surface area contributed by atoms with Gasteiger partial charge >= 0.3 is 58.4 Å². The average Bonchev–Trinajstić information content (AvgIpc) is 2.84. The van der Waals surface area contributed by atoms with Crippen molar-refractivity contribution in [1.29, 1.82) is 0 Å². The van der Waals surface area contributed by atoms with E-state index in [1.807, 2.05) is 13.1 Å². The largest absolute Gasteiger partial charge is 1.00 e. The van der Waals surface area contributed by atoms with Crippen molar-refractivity contribution < 1.29 is 69.1 Å². The number of rotatable bonds is 5. The molecule has 1 heterocycles. The van der Waals surface area contributed by atoms with Gasteiger partial charge in [-0.3, -0.25) is 4.68 Å². The molecule has 21 heavy (non-hydrogen) atoms. The summed E-state index contributed by atoms with van der Waals surface area (Å²) in [5, 5.41) is 4.11. The van der Waals surface area contributed by atoms with E-state index in [4.69, 9.17) is 4.74 Å². The van der Waals surface area contributed by atoms with Crippen LogP contribution in [0.1, 0.15) is 18.1 Å². The van der Waals surface area contributed by atoms with Gasteiger partial charge in [0.2, 0.25) is 0 Å². The first-order valence-electron chi connectivity index (χ1n) is 6.34. The minimum absolute atomic E-state index is 0. The zero-order valence-corrected chi connectivity index (χ0v) is 15.4. The van der Waals surface area contributed by atoms with E-state index in [0.717, 1.165) is 24.2 Å². The van der Waals surface area contributed by atoms with Crippen molar-refractivity contribution in [3.05, 3.63) is 41.7 Å². The molecule has 8 heteroatoms. The Hall–Kier alpha value is -0.279. The molecule has 0 fully saturated rings.